The van der Waals surface area contributed by atoms with Gasteiger partial charge in [0.2, 0.25) is 0 Å². The Kier molecular flexibility index (Phi) is 7.08. The van der Waals surface area contributed by atoms with Crippen LogP contribution in [0.2, 0.25) is 0 Å². The molecule has 0 atom stereocenters. The summed E-state index contributed by atoms with van der Waals surface area (Å²) in [6, 6.07) is 10.7. The van der Waals surface area contributed by atoms with E-state index in [2.05, 4.69) is 21.2 Å². The van der Waals surface area contributed by atoms with Gasteiger partial charge < -0.3 is 15.4 Å². The first-order valence-electron chi connectivity index (χ1n) is 9.54. The van der Waals surface area contributed by atoms with Crippen molar-refractivity contribution in [3.05, 3.63) is 59.7 Å². The van der Waals surface area contributed by atoms with Gasteiger partial charge in [0.15, 0.2) is 6.61 Å². The third kappa shape index (κ3) is 7.11. The van der Waals surface area contributed by atoms with Crippen molar-refractivity contribution in [3.63, 3.8) is 0 Å². The number of benzene rings is 2. The number of amides is 3. The molecule has 0 unspecified atom stereocenters. The molecule has 0 saturated heterocycles. The third-order valence-electron chi connectivity index (χ3n) is 4.20. The molecule has 1 saturated carbocycles. The minimum absolute atomic E-state index is 0.00391. The Labute approximate surface area is 180 Å². The monoisotopic (exact) mass is 448 g/mol. The van der Waals surface area contributed by atoms with Crippen molar-refractivity contribution in [1.29, 1.82) is 0 Å². The van der Waals surface area contributed by atoms with E-state index in [1.165, 1.54) is 24.4 Å². The molecule has 0 heterocycles. The molecule has 8 nitrogen and oxygen atoms in total. The molecule has 3 amide bonds. The molecule has 2 aromatic carbocycles. The molecule has 11 heteroatoms. The van der Waals surface area contributed by atoms with Crippen LogP contribution in [0.5, 0.6) is 5.75 Å². The zero-order valence-electron chi connectivity index (χ0n) is 16.6. The van der Waals surface area contributed by atoms with Gasteiger partial charge in [0.25, 0.3) is 5.91 Å². The smallest absolute Gasteiger partial charge is 0.416 e. The minimum Gasteiger partial charge on any atom is -0.484 e. The number of hydrogen-bond acceptors (Lipinski definition) is 5. The van der Waals surface area contributed by atoms with Crippen LogP contribution in [0.3, 0.4) is 0 Å². The molecular weight excluding hydrogens is 429 g/mol. The fraction of sp³-hybridized carbons (Fsp3) is 0.238. The van der Waals surface area contributed by atoms with Crippen LogP contribution in [-0.2, 0) is 20.6 Å². The van der Waals surface area contributed by atoms with Gasteiger partial charge in [-0.1, -0.05) is 18.2 Å². The van der Waals surface area contributed by atoms with Crippen molar-refractivity contribution in [1.82, 2.24) is 10.7 Å². The lowest BCUT2D eigenvalue weighted by Gasteiger charge is -2.10. The molecule has 3 N–H and O–H groups in total. The Bertz CT molecular complexity index is 1040. The van der Waals surface area contributed by atoms with Crippen molar-refractivity contribution in [2.24, 2.45) is 5.10 Å². The Morgan fingerprint density at radius 3 is 2.53 bits per heavy atom. The highest BCUT2D eigenvalue weighted by Crippen LogP contribution is 2.30. The zero-order chi connectivity index (χ0) is 23.1. The summed E-state index contributed by atoms with van der Waals surface area (Å²) in [7, 11) is 0. The van der Waals surface area contributed by atoms with Gasteiger partial charge in [0.1, 0.15) is 5.75 Å². The number of carbonyl (C=O) groups excluding carboxylic acids is 3. The van der Waals surface area contributed by atoms with Gasteiger partial charge in [0, 0.05) is 11.7 Å². The van der Waals surface area contributed by atoms with Gasteiger partial charge in [-0.15, -0.1) is 0 Å². The van der Waals surface area contributed by atoms with E-state index >= 15 is 0 Å². The number of nitrogens with zero attached hydrogens (tertiary/aromatic N) is 1. The fourth-order valence-corrected chi connectivity index (χ4v) is 2.50. The zero-order valence-corrected chi connectivity index (χ0v) is 16.6. The number of nitrogens with one attached hydrogen (secondary N) is 3. The van der Waals surface area contributed by atoms with E-state index in [4.69, 9.17) is 4.74 Å². The lowest BCUT2D eigenvalue weighted by Crippen LogP contribution is -2.38. The molecule has 1 fully saturated rings. The molecule has 0 aromatic heterocycles. The quantitative estimate of drug-likeness (QED) is 0.343. The number of alkyl halides is 3. The molecule has 1 aliphatic rings. The van der Waals surface area contributed by atoms with Gasteiger partial charge in [-0.2, -0.15) is 18.3 Å². The fourth-order valence-electron chi connectivity index (χ4n) is 2.50. The maximum absolute atomic E-state index is 12.7. The van der Waals surface area contributed by atoms with E-state index in [9.17, 15) is 27.6 Å². The van der Waals surface area contributed by atoms with Gasteiger partial charge in [-0.05, 0) is 48.7 Å². The number of halogens is 3. The van der Waals surface area contributed by atoms with Crippen LogP contribution >= 0.6 is 0 Å². The molecule has 0 radical (unpaired) electrons. The Morgan fingerprint density at radius 2 is 1.81 bits per heavy atom. The van der Waals surface area contributed by atoms with Gasteiger partial charge >= 0.3 is 18.0 Å². The molecule has 3 rings (SSSR count). The van der Waals surface area contributed by atoms with Crippen molar-refractivity contribution in [2.45, 2.75) is 25.1 Å². The number of hydrogen-bond donors (Lipinski definition) is 3. The second-order valence-corrected chi connectivity index (χ2v) is 6.93. The van der Waals surface area contributed by atoms with Crippen molar-refractivity contribution < 1.29 is 32.3 Å². The molecule has 1 aliphatic carbocycles. The van der Waals surface area contributed by atoms with Crippen LogP contribution in [0, 0.1) is 0 Å². The summed E-state index contributed by atoms with van der Waals surface area (Å²) in [5.41, 5.74) is 1.75. The number of rotatable bonds is 7. The lowest BCUT2D eigenvalue weighted by molar-refractivity contribution is -0.139. The predicted octanol–water partition coefficient (Wildman–Crippen LogP) is 2.45. The highest BCUT2D eigenvalue weighted by atomic mass is 19.4. The number of hydrazone groups is 1. The van der Waals surface area contributed by atoms with Crippen molar-refractivity contribution in [2.75, 3.05) is 11.9 Å². The third-order valence-corrected chi connectivity index (χ3v) is 4.20. The van der Waals surface area contributed by atoms with E-state index in [0.29, 0.717) is 11.3 Å². The van der Waals surface area contributed by atoms with Crippen molar-refractivity contribution >= 4 is 29.6 Å². The van der Waals surface area contributed by atoms with E-state index in [1.807, 2.05) is 0 Å². The van der Waals surface area contributed by atoms with Crippen LogP contribution in [-0.4, -0.2) is 36.6 Å². The van der Waals surface area contributed by atoms with Crippen LogP contribution in [0.1, 0.15) is 24.0 Å². The molecule has 0 spiro atoms. The Morgan fingerprint density at radius 1 is 1.06 bits per heavy atom. The standard InChI is InChI=1S/C21H19F3N4O4/c22-21(23,24)14-4-2-5-16(10-14)26-18(29)12-32-17-6-1-3-13(9-17)11-25-28-20(31)19(30)27-15-7-8-15/h1-6,9-11,15H,7-8,12H2,(H,26,29)(H,27,30)(H,28,31)/b25-11-. The van der Waals surface area contributed by atoms with Gasteiger partial charge in [-0.25, -0.2) is 5.43 Å². The molecule has 0 aliphatic heterocycles. The highest BCUT2D eigenvalue weighted by molar-refractivity contribution is 6.35. The molecule has 0 bridgehead atoms. The minimum atomic E-state index is -4.51. The van der Waals surface area contributed by atoms with E-state index in [1.54, 1.807) is 18.2 Å². The SMILES string of the molecule is O=C(COc1cccc(/C=N\NC(=O)C(=O)NC2CC2)c1)Nc1cccc(C(F)(F)F)c1. The maximum atomic E-state index is 12.7. The van der Waals surface area contributed by atoms with Crippen LogP contribution in [0.25, 0.3) is 0 Å². The average Bonchev–Trinajstić information content (AvgIpc) is 3.56. The van der Waals surface area contributed by atoms with E-state index in [-0.39, 0.29) is 11.7 Å². The van der Waals surface area contributed by atoms with Crippen LogP contribution in [0.4, 0.5) is 18.9 Å². The normalized spacial score (nSPS) is 13.5. The van der Waals surface area contributed by atoms with Gasteiger partial charge in [0.05, 0.1) is 11.8 Å². The lowest BCUT2D eigenvalue weighted by atomic mass is 10.2. The summed E-state index contributed by atoms with van der Waals surface area (Å²) in [5, 5.41) is 8.57. The predicted molar refractivity (Wildman–Crippen MR) is 109 cm³/mol. The number of anilines is 1. The summed E-state index contributed by atoms with van der Waals surface area (Å²) in [5.74, 6) is -1.98. The summed E-state index contributed by atoms with van der Waals surface area (Å²) >= 11 is 0. The topological polar surface area (TPSA) is 109 Å². The van der Waals surface area contributed by atoms with E-state index in [0.717, 1.165) is 25.0 Å². The molecule has 32 heavy (non-hydrogen) atoms. The molecule has 168 valence electrons. The number of ether oxygens (including phenoxy) is 1. The first-order chi connectivity index (χ1) is 15.2. The van der Waals surface area contributed by atoms with Crippen LogP contribution < -0.4 is 20.8 Å². The largest absolute Gasteiger partial charge is 0.484 e. The molecule has 2 aromatic rings. The van der Waals surface area contributed by atoms with E-state index < -0.39 is 36.1 Å². The Balaban J connectivity index is 1.48. The summed E-state index contributed by atoms with van der Waals surface area (Å²) < 4.78 is 43.6. The summed E-state index contributed by atoms with van der Waals surface area (Å²) in [4.78, 5) is 35.1. The molecular formula is C21H19F3N4O4. The average molecular weight is 448 g/mol. The Hall–Kier alpha value is -3.89. The second-order valence-electron chi connectivity index (χ2n) is 6.93. The summed E-state index contributed by atoms with van der Waals surface area (Å²) in [6.45, 7) is -0.436. The second kappa shape index (κ2) is 9.94. The van der Waals surface area contributed by atoms with Gasteiger partial charge in [-0.3, -0.25) is 14.4 Å². The first-order valence-corrected chi connectivity index (χ1v) is 9.54. The summed E-state index contributed by atoms with van der Waals surface area (Å²) in [6.07, 6.45) is -1.52. The maximum Gasteiger partial charge on any atom is 0.416 e. The highest BCUT2D eigenvalue weighted by Gasteiger charge is 2.30. The van der Waals surface area contributed by atoms with Crippen LogP contribution in [0.15, 0.2) is 53.6 Å². The van der Waals surface area contributed by atoms with Crippen molar-refractivity contribution in [3.8, 4) is 5.75 Å². The number of carbonyl (C=O) groups is 3. The first kappa shape index (κ1) is 22.8.